The summed E-state index contributed by atoms with van der Waals surface area (Å²) in [6.07, 6.45) is 2.85. The largest absolute Gasteiger partial charge is 0.300 e. The number of hydrogen-bond donors (Lipinski definition) is 0. The lowest BCUT2D eigenvalue weighted by atomic mass is 9.78. The molecule has 0 aromatic rings. The first-order valence-electron chi connectivity index (χ1n) is 4.70. The smallest absolute Gasteiger partial charge is 0.139 e. The lowest BCUT2D eigenvalue weighted by Gasteiger charge is -2.23. The Morgan fingerprint density at radius 2 is 2.00 bits per heavy atom. The minimum atomic E-state index is -0.0252. The molecule has 0 radical (unpaired) electrons. The van der Waals surface area contributed by atoms with E-state index in [-0.39, 0.29) is 17.6 Å². The lowest BCUT2D eigenvalue weighted by molar-refractivity contribution is -0.136. The Morgan fingerprint density at radius 1 is 1.33 bits per heavy atom. The fourth-order valence-corrected chi connectivity index (χ4v) is 1.90. The van der Waals surface area contributed by atoms with Crippen molar-refractivity contribution in [3.63, 3.8) is 0 Å². The van der Waals surface area contributed by atoms with Gasteiger partial charge in [-0.1, -0.05) is 20.3 Å². The number of ketones is 2. The van der Waals surface area contributed by atoms with Gasteiger partial charge in [-0.05, 0) is 6.42 Å². The first-order valence-corrected chi connectivity index (χ1v) is 4.70. The molecule has 2 heteroatoms. The Bertz CT molecular complexity index is 196. The monoisotopic (exact) mass is 168 g/mol. The van der Waals surface area contributed by atoms with Crippen LogP contribution in [0.4, 0.5) is 0 Å². The molecule has 1 fully saturated rings. The summed E-state index contributed by atoms with van der Waals surface area (Å²) in [6.45, 7) is 3.92. The van der Waals surface area contributed by atoms with Gasteiger partial charge >= 0.3 is 0 Å². The van der Waals surface area contributed by atoms with Crippen molar-refractivity contribution in [3.8, 4) is 0 Å². The van der Waals surface area contributed by atoms with E-state index in [9.17, 15) is 9.59 Å². The summed E-state index contributed by atoms with van der Waals surface area (Å²) in [6, 6.07) is 0. The van der Waals surface area contributed by atoms with Crippen molar-refractivity contribution in [2.24, 2.45) is 11.8 Å². The molecule has 2 nitrogen and oxygen atoms in total. The molecule has 1 aliphatic carbocycles. The highest BCUT2D eigenvalue weighted by Gasteiger charge is 2.31. The molecule has 1 aliphatic rings. The molecule has 12 heavy (non-hydrogen) atoms. The van der Waals surface area contributed by atoms with Crippen LogP contribution in [0.25, 0.3) is 0 Å². The highest BCUT2D eigenvalue weighted by Crippen LogP contribution is 2.26. The van der Waals surface area contributed by atoms with Gasteiger partial charge in [0.2, 0.25) is 0 Å². The summed E-state index contributed by atoms with van der Waals surface area (Å²) >= 11 is 0. The number of carbonyl (C=O) groups is 2. The van der Waals surface area contributed by atoms with Crippen LogP contribution in [0.15, 0.2) is 0 Å². The Labute approximate surface area is 73.3 Å². The maximum absolute atomic E-state index is 11.5. The fraction of sp³-hybridized carbons (Fsp3) is 0.800. The number of hydrogen-bond acceptors (Lipinski definition) is 2. The number of rotatable bonds is 2. The van der Waals surface area contributed by atoms with Crippen LogP contribution >= 0.6 is 0 Å². The average molecular weight is 168 g/mol. The van der Waals surface area contributed by atoms with Crippen molar-refractivity contribution in [2.75, 3.05) is 0 Å². The van der Waals surface area contributed by atoms with Gasteiger partial charge in [0, 0.05) is 24.7 Å². The predicted octanol–water partition coefficient (Wildman–Crippen LogP) is 1.97. The SMILES string of the molecule is CCCC1CC(=O)CC(C)C1=O. The highest BCUT2D eigenvalue weighted by molar-refractivity contribution is 5.96. The maximum Gasteiger partial charge on any atom is 0.139 e. The maximum atomic E-state index is 11.5. The standard InChI is InChI=1S/C10H16O2/c1-3-4-8-6-9(11)5-7(2)10(8)12/h7-8H,3-6H2,1-2H3. The normalized spacial score (nSPS) is 30.8. The fourth-order valence-electron chi connectivity index (χ4n) is 1.90. The van der Waals surface area contributed by atoms with E-state index in [4.69, 9.17) is 0 Å². The van der Waals surface area contributed by atoms with E-state index >= 15 is 0 Å². The molecule has 0 bridgehead atoms. The second-order valence-corrected chi connectivity index (χ2v) is 3.74. The first kappa shape index (κ1) is 9.43. The van der Waals surface area contributed by atoms with Gasteiger partial charge in [0.25, 0.3) is 0 Å². The summed E-state index contributed by atoms with van der Waals surface area (Å²) < 4.78 is 0. The van der Waals surface area contributed by atoms with Gasteiger partial charge in [-0.2, -0.15) is 0 Å². The minimum Gasteiger partial charge on any atom is -0.300 e. The minimum absolute atomic E-state index is 0.0252. The molecule has 2 atom stereocenters. The Kier molecular flexibility index (Phi) is 3.01. The van der Waals surface area contributed by atoms with E-state index in [0.717, 1.165) is 12.8 Å². The number of carbonyl (C=O) groups excluding carboxylic acids is 2. The van der Waals surface area contributed by atoms with Crippen LogP contribution in [0.1, 0.15) is 39.5 Å². The summed E-state index contributed by atoms with van der Waals surface area (Å²) in [5, 5.41) is 0. The zero-order chi connectivity index (χ0) is 9.14. The van der Waals surface area contributed by atoms with Crippen molar-refractivity contribution >= 4 is 11.6 Å². The second-order valence-electron chi connectivity index (χ2n) is 3.74. The van der Waals surface area contributed by atoms with Crippen molar-refractivity contribution in [1.29, 1.82) is 0 Å². The molecule has 0 spiro atoms. The van der Waals surface area contributed by atoms with Gasteiger partial charge in [-0.3, -0.25) is 9.59 Å². The van der Waals surface area contributed by atoms with Crippen LogP contribution in [-0.2, 0) is 9.59 Å². The van der Waals surface area contributed by atoms with Crippen molar-refractivity contribution in [2.45, 2.75) is 39.5 Å². The zero-order valence-corrected chi connectivity index (χ0v) is 7.80. The molecular weight excluding hydrogens is 152 g/mol. The van der Waals surface area contributed by atoms with Crippen LogP contribution in [0.5, 0.6) is 0 Å². The van der Waals surface area contributed by atoms with Gasteiger partial charge in [0.1, 0.15) is 11.6 Å². The zero-order valence-electron chi connectivity index (χ0n) is 7.80. The van der Waals surface area contributed by atoms with E-state index in [1.54, 1.807) is 0 Å². The molecule has 0 saturated heterocycles. The van der Waals surface area contributed by atoms with Crippen LogP contribution in [0, 0.1) is 11.8 Å². The molecule has 2 unspecified atom stereocenters. The summed E-state index contributed by atoms with van der Waals surface area (Å²) in [7, 11) is 0. The van der Waals surface area contributed by atoms with Gasteiger partial charge < -0.3 is 0 Å². The van der Waals surface area contributed by atoms with Crippen molar-refractivity contribution < 1.29 is 9.59 Å². The molecular formula is C10H16O2. The van der Waals surface area contributed by atoms with E-state index in [1.807, 2.05) is 6.92 Å². The Balaban J connectivity index is 2.60. The Morgan fingerprint density at radius 3 is 2.58 bits per heavy atom. The van der Waals surface area contributed by atoms with Gasteiger partial charge in [-0.15, -0.1) is 0 Å². The summed E-state index contributed by atoms with van der Waals surface area (Å²) in [5.74, 6) is 0.575. The van der Waals surface area contributed by atoms with E-state index in [2.05, 4.69) is 6.92 Å². The number of Topliss-reactive ketones (excluding diaryl/α,β-unsaturated/α-hetero) is 2. The molecule has 0 aromatic carbocycles. The van der Waals surface area contributed by atoms with Gasteiger partial charge in [0.15, 0.2) is 0 Å². The highest BCUT2D eigenvalue weighted by atomic mass is 16.1. The third kappa shape index (κ3) is 1.93. The van der Waals surface area contributed by atoms with Crippen LogP contribution in [0.2, 0.25) is 0 Å². The Hall–Kier alpha value is -0.660. The summed E-state index contributed by atoms with van der Waals surface area (Å²) in [5.41, 5.74) is 0. The topological polar surface area (TPSA) is 34.1 Å². The van der Waals surface area contributed by atoms with Gasteiger partial charge in [0.05, 0.1) is 0 Å². The van der Waals surface area contributed by atoms with Crippen LogP contribution in [0.3, 0.4) is 0 Å². The molecule has 0 aromatic heterocycles. The van der Waals surface area contributed by atoms with E-state index in [0.29, 0.717) is 18.6 Å². The third-order valence-corrected chi connectivity index (χ3v) is 2.53. The molecule has 0 N–H and O–H groups in total. The predicted molar refractivity (Wildman–Crippen MR) is 46.8 cm³/mol. The van der Waals surface area contributed by atoms with Gasteiger partial charge in [-0.25, -0.2) is 0 Å². The van der Waals surface area contributed by atoms with E-state index < -0.39 is 0 Å². The molecule has 0 amide bonds. The average Bonchev–Trinajstić information content (AvgIpc) is 2.00. The molecule has 68 valence electrons. The molecule has 0 heterocycles. The van der Waals surface area contributed by atoms with E-state index in [1.165, 1.54) is 0 Å². The lowest BCUT2D eigenvalue weighted by Crippen LogP contribution is -2.31. The van der Waals surface area contributed by atoms with Crippen LogP contribution < -0.4 is 0 Å². The first-order chi connectivity index (χ1) is 5.65. The molecule has 1 rings (SSSR count). The molecule has 1 saturated carbocycles. The second kappa shape index (κ2) is 3.83. The van der Waals surface area contributed by atoms with Crippen molar-refractivity contribution in [3.05, 3.63) is 0 Å². The quantitative estimate of drug-likeness (QED) is 0.631. The van der Waals surface area contributed by atoms with Crippen molar-refractivity contribution in [1.82, 2.24) is 0 Å². The third-order valence-electron chi connectivity index (χ3n) is 2.53. The summed E-state index contributed by atoms with van der Waals surface area (Å²) in [4.78, 5) is 22.7. The van der Waals surface area contributed by atoms with Crippen LogP contribution in [-0.4, -0.2) is 11.6 Å². The molecule has 0 aliphatic heterocycles.